The van der Waals surface area contributed by atoms with Crippen molar-refractivity contribution in [2.75, 3.05) is 7.11 Å². The molecule has 5 heteroatoms. The lowest BCUT2D eigenvalue weighted by molar-refractivity contribution is 0.419. The molecule has 15 heavy (non-hydrogen) atoms. The van der Waals surface area contributed by atoms with Gasteiger partial charge in [-0.3, -0.25) is 4.79 Å². The Morgan fingerprint density at radius 2 is 2.40 bits per heavy atom. The largest absolute Gasteiger partial charge is 0.496 e. The van der Waals surface area contributed by atoms with Crippen LogP contribution in [0.1, 0.15) is 4.11 Å². The second kappa shape index (κ2) is 3.55. The maximum absolute atomic E-state index is 12.1. The molecule has 1 aromatic carbocycles. The molecule has 0 aliphatic carbocycles. The van der Waals surface area contributed by atoms with E-state index in [1.165, 1.54) is 19.4 Å². The minimum Gasteiger partial charge on any atom is -0.496 e. The van der Waals surface area contributed by atoms with Gasteiger partial charge in [0.15, 0.2) is 0 Å². The van der Waals surface area contributed by atoms with Crippen LogP contribution < -0.4 is 10.3 Å². The average molecular weight is 228 g/mol. The van der Waals surface area contributed by atoms with Crippen molar-refractivity contribution < 1.29 is 8.85 Å². The average Bonchev–Trinajstić information content (AvgIpc) is 2.28. The summed E-state index contributed by atoms with van der Waals surface area (Å²) in [4.78, 5) is 12.1. The van der Waals surface area contributed by atoms with Crippen molar-refractivity contribution in [1.29, 1.82) is 0 Å². The molecule has 0 saturated carbocycles. The summed E-state index contributed by atoms with van der Waals surface area (Å²) in [6.45, 7) is -2.64. The fraction of sp³-hybridized carbons (Fsp3) is 0.200. The highest BCUT2D eigenvalue weighted by Gasteiger charge is 2.10. The van der Waals surface area contributed by atoms with Gasteiger partial charge >= 0.3 is 0 Å². The van der Waals surface area contributed by atoms with Crippen LogP contribution in [0.3, 0.4) is 0 Å². The Bertz CT molecular complexity index is 666. The highest BCUT2D eigenvalue weighted by atomic mass is 35.5. The molecule has 0 radical (unpaired) electrons. The van der Waals surface area contributed by atoms with E-state index in [2.05, 4.69) is 5.10 Å². The molecule has 0 spiro atoms. The summed E-state index contributed by atoms with van der Waals surface area (Å²) in [5, 5.41) is 4.26. The number of fused-ring (bicyclic) bond motifs is 1. The van der Waals surface area contributed by atoms with E-state index in [9.17, 15) is 4.79 Å². The minimum atomic E-state index is -2.64. The number of halogens is 1. The molecule has 2 aromatic rings. The van der Waals surface area contributed by atoms with Crippen molar-refractivity contribution in [3.8, 4) is 5.75 Å². The lowest BCUT2D eigenvalue weighted by Gasteiger charge is -2.06. The summed E-state index contributed by atoms with van der Waals surface area (Å²) in [5.74, 6) is 0.414. The number of aryl methyl sites for hydroxylation is 1. The van der Waals surface area contributed by atoms with Crippen molar-refractivity contribution in [3.05, 3.63) is 33.7 Å². The first kappa shape index (κ1) is 6.85. The Labute approximate surface area is 95.3 Å². The highest BCUT2D eigenvalue weighted by Crippen LogP contribution is 2.27. The van der Waals surface area contributed by atoms with E-state index in [4.69, 9.17) is 20.5 Å². The predicted octanol–water partition coefficient (Wildman–Crippen LogP) is 1.60. The topological polar surface area (TPSA) is 44.1 Å². The van der Waals surface area contributed by atoms with Gasteiger partial charge in [0.1, 0.15) is 5.75 Å². The van der Waals surface area contributed by atoms with E-state index in [1.807, 2.05) is 0 Å². The molecule has 0 bridgehead atoms. The first-order chi connectivity index (χ1) is 8.36. The summed E-state index contributed by atoms with van der Waals surface area (Å²) >= 11 is 5.93. The quantitative estimate of drug-likeness (QED) is 0.743. The maximum Gasteiger partial charge on any atom is 0.276 e. The van der Waals surface area contributed by atoms with Crippen molar-refractivity contribution in [2.24, 2.45) is 6.98 Å². The lowest BCUT2D eigenvalue weighted by atomic mass is 10.2. The molecular formula is C10H9ClN2O2. The number of ether oxygens (including phenoxy) is 1. The third-order valence-corrected chi connectivity index (χ3v) is 2.40. The molecule has 0 fully saturated rings. The normalized spacial score (nSPS) is 14.4. The van der Waals surface area contributed by atoms with Gasteiger partial charge in [0.25, 0.3) is 5.56 Å². The molecule has 0 aliphatic heterocycles. The molecule has 0 atom stereocenters. The van der Waals surface area contributed by atoms with Gasteiger partial charge in [-0.15, -0.1) is 0 Å². The van der Waals surface area contributed by atoms with Crippen LogP contribution in [0, 0.1) is 0 Å². The molecule has 0 saturated heterocycles. The molecule has 1 aromatic heterocycles. The first-order valence-electron chi connectivity index (χ1n) is 5.61. The second-order valence-electron chi connectivity index (χ2n) is 2.90. The molecule has 0 N–H and O–H groups in total. The maximum atomic E-state index is 12.1. The van der Waals surface area contributed by atoms with Crippen molar-refractivity contribution in [3.63, 3.8) is 0 Å². The Morgan fingerprint density at radius 3 is 3.07 bits per heavy atom. The Balaban J connectivity index is 2.92. The van der Waals surface area contributed by atoms with Gasteiger partial charge < -0.3 is 4.74 Å². The number of benzene rings is 1. The van der Waals surface area contributed by atoms with Crippen LogP contribution in [-0.4, -0.2) is 16.9 Å². The van der Waals surface area contributed by atoms with Gasteiger partial charge in [0, 0.05) is 11.1 Å². The van der Waals surface area contributed by atoms with E-state index in [1.54, 1.807) is 6.07 Å². The van der Waals surface area contributed by atoms with E-state index < -0.39 is 12.5 Å². The molecule has 2 rings (SSSR count). The molecule has 4 nitrogen and oxygen atoms in total. The van der Waals surface area contributed by atoms with Crippen LogP contribution in [0.15, 0.2) is 23.1 Å². The fourth-order valence-electron chi connectivity index (χ4n) is 1.37. The minimum absolute atomic E-state index is 0.0853. The Morgan fingerprint density at radius 1 is 1.60 bits per heavy atom. The number of rotatable bonds is 1. The van der Waals surface area contributed by atoms with Crippen molar-refractivity contribution in [2.45, 2.75) is 0 Å². The van der Waals surface area contributed by atoms with Gasteiger partial charge in [0.05, 0.1) is 29.1 Å². The summed E-state index contributed by atoms with van der Waals surface area (Å²) < 4.78 is 27.2. The van der Waals surface area contributed by atoms with Crippen LogP contribution in [0.4, 0.5) is 0 Å². The van der Waals surface area contributed by atoms with Crippen LogP contribution in [-0.2, 0) is 6.98 Å². The summed E-state index contributed by atoms with van der Waals surface area (Å²) in [5.41, 5.74) is -0.767. The van der Waals surface area contributed by atoms with Crippen LogP contribution in [0.25, 0.3) is 10.8 Å². The van der Waals surface area contributed by atoms with E-state index >= 15 is 0 Å². The van der Waals surface area contributed by atoms with E-state index in [0.29, 0.717) is 15.8 Å². The summed E-state index contributed by atoms with van der Waals surface area (Å²) in [6, 6.07) is 3.07. The molecule has 78 valence electrons. The number of aromatic nitrogens is 2. The SMILES string of the molecule is [2H]C([2H])([2H])n1ncc2c(OC)ccc(Cl)c2c1=O. The number of methoxy groups -OCH3 is 1. The van der Waals surface area contributed by atoms with Gasteiger partial charge in [0.2, 0.25) is 0 Å². The molecule has 0 unspecified atom stereocenters. The van der Waals surface area contributed by atoms with Gasteiger partial charge in [-0.2, -0.15) is 5.10 Å². The smallest absolute Gasteiger partial charge is 0.276 e. The second-order valence-corrected chi connectivity index (χ2v) is 3.31. The monoisotopic (exact) mass is 227 g/mol. The van der Waals surface area contributed by atoms with E-state index in [0.717, 1.165) is 0 Å². The zero-order valence-electron chi connectivity index (χ0n) is 10.8. The summed E-state index contributed by atoms with van der Waals surface area (Å²) in [7, 11) is 1.44. The molecule has 0 aliphatic rings. The fourth-order valence-corrected chi connectivity index (χ4v) is 1.62. The lowest BCUT2D eigenvalue weighted by Crippen LogP contribution is -2.19. The predicted molar refractivity (Wildman–Crippen MR) is 58.5 cm³/mol. The number of hydrogen-bond acceptors (Lipinski definition) is 3. The van der Waals surface area contributed by atoms with Gasteiger partial charge in [-0.25, -0.2) is 4.68 Å². The third-order valence-electron chi connectivity index (χ3n) is 2.08. The standard InChI is InChI=1S/C10H9ClN2O2/c1-13-10(14)9-6(5-12-13)8(15-2)4-3-7(9)11/h3-5H,1-2H3/i1D3. The Kier molecular flexibility index (Phi) is 1.62. The van der Waals surface area contributed by atoms with E-state index in [-0.39, 0.29) is 10.4 Å². The molecule has 0 amide bonds. The number of hydrogen-bond donors (Lipinski definition) is 0. The first-order valence-corrected chi connectivity index (χ1v) is 4.49. The summed E-state index contributed by atoms with van der Waals surface area (Å²) in [6.07, 6.45) is 1.26. The third kappa shape index (κ3) is 1.47. The molecular weight excluding hydrogens is 216 g/mol. The Hall–Kier alpha value is -1.55. The zero-order chi connectivity index (χ0) is 13.5. The number of nitrogens with zero attached hydrogens (tertiary/aromatic N) is 2. The van der Waals surface area contributed by atoms with Crippen molar-refractivity contribution >= 4 is 22.4 Å². The van der Waals surface area contributed by atoms with Crippen LogP contribution >= 0.6 is 11.6 Å². The van der Waals surface area contributed by atoms with Crippen LogP contribution in [0.2, 0.25) is 5.02 Å². The molecule has 1 heterocycles. The zero-order valence-corrected chi connectivity index (χ0v) is 8.58. The van der Waals surface area contributed by atoms with Crippen molar-refractivity contribution in [1.82, 2.24) is 9.78 Å². The van der Waals surface area contributed by atoms with Gasteiger partial charge in [-0.05, 0) is 12.1 Å². The van der Waals surface area contributed by atoms with Gasteiger partial charge in [-0.1, -0.05) is 11.6 Å². The van der Waals surface area contributed by atoms with Crippen LogP contribution in [0.5, 0.6) is 5.75 Å². The highest BCUT2D eigenvalue weighted by molar-refractivity contribution is 6.35.